The first-order chi connectivity index (χ1) is 12.7. The number of hydrogen-bond acceptors (Lipinski definition) is 3. The predicted octanol–water partition coefficient (Wildman–Crippen LogP) is 5.10. The van der Waals surface area contributed by atoms with Crippen LogP contribution in [0.15, 0.2) is 29.1 Å². The molecule has 1 amide bonds. The van der Waals surface area contributed by atoms with Crippen LogP contribution in [-0.4, -0.2) is 44.2 Å². The third-order valence-corrected chi connectivity index (χ3v) is 5.89. The Morgan fingerprint density at radius 1 is 1.37 bits per heavy atom. The predicted molar refractivity (Wildman–Crippen MR) is 110 cm³/mol. The summed E-state index contributed by atoms with van der Waals surface area (Å²) in [6.45, 7) is 9.34. The molecule has 1 aliphatic heterocycles. The summed E-state index contributed by atoms with van der Waals surface area (Å²) in [6, 6.07) is 2.24. The molecule has 0 aliphatic carbocycles. The molecule has 3 aromatic heterocycles. The van der Waals surface area contributed by atoms with Gasteiger partial charge in [-0.05, 0) is 55.1 Å². The summed E-state index contributed by atoms with van der Waals surface area (Å²) in [5.74, 6) is 0.452. The number of pyridine rings is 1. The lowest BCUT2D eigenvalue weighted by Gasteiger charge is -2.38. The molecule has 1 N–H and O–H groups in total. The van der Waals surface area contributed by atoms with Crippen LogP contribution in [0.1, 0.15) is 40.2 Å². The molecule has 0 spiro atoms. The molecule has 0 bridgehead atoms. The molecule has 1 aliphatic rings. The quantitative estimate of drug-likeness (QED) is 0.581. The van der Waals surface area contributed by atoms with Gasteiger partial charge in [-0.25, -0.2) is 9.78 Å². The zero-order chi connectivity index (χ0) is 19.3. The Kier molecular flexibility index (Phi) is 4.45. The number of ether oxygens (including phenoxy) is 1. The van der Waals surface area contributed by atoms with Crippen molar-refractivity contribution in [1.82, 2.24) is 19.4 Å². The number of piperidine rings is 1. The summed E-state index contributed by atoms with van der Waals surface area (Å²) in [4.78, 5) is 22.1. The van der Waals surface area contributed by atoms with Crippen molar-refractivity contribution in [2.24, 2.45) is 5.92 Å². The van der Waals surface area contributed by atoms with E-state index in [4.69, 9.17) is 4.74 Å². The van der Waals surface area contributed by atoms with Crippen molar-refractivity contribution in [1.29, 1.82) is 0 Å². The lowest BCUT2D eigenvalue weighted by molar-refractivity contribution is 0.0128. The average molecular weight is 433 g/mol. The molecule has 4 rings (SSSR count). The molecule has 7 heteroatoms. The number of carbonyl (C=O) groups is 1. The van der Waals surface area contributed by atoms with Crippen molar-refractivity contribution in [2.45, 2.75) is 45.8 Å². The molecular weight excluding hydrogens is 408 g/mol. The normalized spacial score (nSPS) is 21.1. The van der Waals surface area contributed by atoms with Crippen molar-refractivity contribution in [3.8, 4) is 0 Å². The van der Waals surface area contributed by atoms with Crippen LogP contribution < -0.4 is 0 Å². The maximum atomic E-state index is 12.6. The lowest BCUT2D eigenvalue weighted by Crippen LogP contribution is -2.45. The minimum absolute atomic E-state index is 0.181. The summed E-state index contributed by atoms with van der Waals surface area (Å²) in [5.41, 5.74) is 1.54. The van der Waals surface area contributed by atoms with Crippen LogP contribution in [-0.2, 0) is 4.74 Å². The number of carbonyl (C=O) groups excluding carboxylic acids is 1. The average Bonchev–Trinajstić information content (AvgIpc) is 3.18. The number of aromatic nitrogens is 3. The monoisotopic (exact) mass is 432 g/mol. The van der Waals surface area contributed by atoms with Crippen LogP contribution in [0.25, 0.3) is 21.9 Å². The van der Waals surface area contributed by atoms with E-state index in [1.54, 1.807) is 0 Å². The Hall–Kier alpha value is -2.02. The highest BCUT2D eigenvalue weighted by Crippen LogP contribution is 2.37. The van der Waals surface area contributed by atoms with Crippen LogP contribution in [0.4, 0.5) is 4.79 Å². The van der Waals surface area contributed by atoms with Gasteiger partial charge in [0.2, 0.25) is 0 Å². The maximum Gasteiger partial charge on any atom is 0.410 e. The molecule has 1 fully saturated rings. The Bertz CT molecular complexity index is 1000. The molecule has 6 nitrogen and oxygen atoms in total. The van der Waals surface area contributed by atoms with E-state index in [0.717, 1.165) is 39.4 Å². The minimum Gasteiger partial charge on any atom is -0.444 e. The fourth-order valence-corrected chi connectivity index (χ4v) is 4.38. The maximum absolute atomic E-state index is 12.6. The highest BCUT2D eigenvalue weighted by molar-refractivity contribution is 9.10. The number of hydrogen-bond donors (Lipinski definition) is 1. The number of H-pyrrole nitrogens is 1. The van der Waals surface area contributed by atoms with E-state index in [2.05, 4.69) is 49.7 Å². The van der Waals surface area contributed by atoms with Crippen molar-refractivity contribution >= 4 is 44.0 Å². The van der Waals surface area contributed by atoms with Gasteiger partial charge in [-0.1, -0.05) is 6.92 Å². The molecule has 27 heavy (non-hydrogen) atoms. The van der Waals surface area contributed by atoms with Crippen LogP contribution in [0.5, 0.6) is 0 Å². The smallest absolute Gasteiger partial charge is 0.410 e. The Balaban J connectivity index is 1.73. The molecule has 0 aromatic carbocycles. The second-order valence-electron chi connectivity index (χ2n) is 8.40. The molecule has 2 atom stereocenters. The molecule has 144 valence electrons. The van der Waals surface area contributed by atoms with Gasteiger partial charge in [0.15, 0.2) is 0 Å². The van der Waals surface area contributed by atoms with E-state index in [0.29, 0.717) is 12.5 Å². The number of nitrogens with one attached hydrogen (secondary N) is 1. The third kappa shape index (κ3) is 3.33. The van der Waals surface area contributed by atoms with E-state index in [1.807, 2.05) is 38.1 Å². The Labute approximate surface area is 167 Å². The molecule has 1 saturated heterocycles. The van der Waals surface area contributed by atoms with Gasteiger partial charge in [-0.3, -0.25) is 0 Å². The molecule has 0 unspecified atom stereocenters. The topological polar surface area (TPSA) is 63.1 Å². The number of aromatic amines is 1. The van der Waals surface area contributed by atoms with Gasteiger partial charge >= 0.3 is 6.09 Å². The van der Waals surface area contributed by atoms with Gasteiger partial charge in [0, 0.05) is 46.9 Å². The van der Waals surface area contributed by atoms with Crippen LogP contribution in [0.3, 0.4) is 0 Å². The van der Waals surface area contributed by atoms with Gasteiger partial charge in [-0.15, -0.1) is 0 Å². The number of halogens is 1. The first-order valence-electron chi connectivity index (χ1n) is 9.34. The second-order valence-corrected chi connectivity index (χ2v) is 9.26. The third-order valence-electron chi connectivity index (χ3n) is 5.25. The van der Waals surface area contributed by atoms with Crippen LogP contribution in [0.2, 0.25) is 0 Å². The van der Waals surface area contributed by atoms with E-state index in [9.17, 15) is 4.79 Å². The fraction of sp³-hybridized carbons (Fsp3) is 0.500. The number of likely N-dealkylation sites (tertiary alicyclic amines) is 1. The van der Waals surface area contributed by atoms with Gasteiger partial charge in [-0.2, -0.15) is 0 Å². The number of amides is 1. The SMILES string of the molecule is C[C@@H]1CCN(C(=O)OC(C)(C)C)C[C@@H]1n1cc(Br)c2cnc3[nH]ccc3c21. The number of nitrogens with zero attached hydrogens (tertiary/aromatic N) is 3. The Morgan fingerprint density at radius 3 is 2.89 bits per heavy atom. The van der Waals surface area contributed by atoms with E-state index < -0.39 is 5.60 Å². The van der Waals surface area contributed by atoms with Gasteiger partial charge in [0.1, 0.15) is 11.2 Å². The first-order valence-corrected chi connectivity index (χ1v) is 10.1. The number of fused-ring (bicyclic) bond motifs is 3. The Morgan fingerprint density at radius 2 is 2.15 bits per heavy atom. The number of rotatable bonds is 1. The summed E-state index contributed by atoms with van der Waals surface area (Å²) < 4.78 is 8.93. The summed E-state index contributed by atoms with van der Waals surface area (Å²) in [5, 5.41) is 2.18. The van der Waals surface area contributed by atoms with Crippen LogP contribution in [0, 0.1) is 5.92 Å². The van der Waals surface area contributed by atoms with Crippen LogP contribution >= 0.6 is 15.9 Å². The minimum atomic E-state index is -0.484. The fourth-order valence-electron chi connectivity index (χ4n) is 3.87. The van der Waals surface area contributed by atoms with Crippen molar-refractivity contribution in [3.05, 3.63) is 29.1 Å². The summed E-state index contributed by atoms with van der Waals surface area (Å²) >= 11 is 3.69. The molecule has 4 heterocycles. The first kappa shape index (κ1) is 18.3. The van der Waals surface area contributed by atoms with Crippen molar-refractivity contribution in [2.75, 3.05) is 13.1 Å². The molecule has 0 saturated carbocycles. The van der Waals surface area contributed by atoms with E-state index >= 15 is 0 Å². The van der Waals surface area contributed by atoms with Gasteiger partial charge < -0.3 is 19.2 Å². The summed E-state index contributed by atoms with van der Waals surface area (Å²) in [7, 11) is 0. The lowest BCUT2D eigenvalue weighted by atomic mass is 9.93. The highest BCUT2D eigenvalue weighted by Gasteiger charge is 2.33. The largest absolute Gasteiger partial charge is 0.444 e. The molecular formula is C20H25BrN4O2. The zero-order valence-corrected chi connectivity index (χ0v) is 17.7. The molecule has 0 radical (unpaired) electrons. The standard InChI is InChI=1S/C20H25BrN4O2/c1-12-6-8-24(19(26)27-20(2,3)4)11-16(12)25-10-15(21)14-9-23-18-13(17(14)25)5-7-22-18/h5,7,9-10,12,16H,6,8,11H2,1-4H3,(H,22,23)/t12-,16+/m1/s1. The zero-order valence-electron chi connectivity index (χ0n) is 16.1. The molecule has 3 aromatic rings. The second kappa shape index (κ2) is 6.55. The van der Waals surface area contributed by atoms with E-state index in [-0.39, 0.29) is 12.1 Å². The van der Waals surface area contributed by atoms with Gasteiger partial charge in [0.05, 0.1) is 11.6 Å². The highest BCUT2D eigenvalue weighted by atomic mass is 79.9. The van der Waals surface area contributed by atoms with Crippen molar-refractivity contribution < 1.29 is 9.53 Å². The van der Waals surface area contributed by atoms with Crippen molar-refractivity contribution in [3.63, 3.8) is 0 Å². The van der Waals surface area contributed by atoms with E-state index in [1.165, 1.54) is 0 Å². The summed E-state index contributed by atoms with van der Waals surface area (Å²) in [6.07, 6.45) is 6.65. The van der Waals surface area contributed by atoms with Gasteiger partial charge in [0.25, 0.3) is 0 Å².